The highest BCUT2D eigenvalue weighted by atomic mass is 16.5. The van der Waals surface area contributed by atoms with Gasteiger partial charge in [-0.15, -0.1) is 0 Å². The molecule has 3 heteroatoms. The first-order valence-corrected chi connectivity index (χ1v) is 7.35. The molecular formula is C19H18N2O. The first kappa shape index (κ1) is 14.1. The van der Waals surface area contributed by atoms with Crippen molar-refractivity contribution < 1.29 is 4.74 Å². The molecule has 0 bridgehead atoms. The Morgan fingerprint density at radius 1 is 0.727 bits per heavy atom. The van der Waals surface area contributed by atoms with Crippen LogP contribution in [0.4, 0.5) is 11.4 Å². The third kappa shape index (κ3) is 3.64. The minimum atomic E-state index is 0.570. The van der Waals surface area contributed by atoms with Gasteiger partial charge < -0.3 is 9.64 Å². The van der Waals surface area contributed by atoms with E-state index in [1.54, 1.807) is 6.20 Å². The molecule has 2 aromatic carbocycles. The van der Waals surface area contributed by atoms with Gasteiger partial charge in [0.1, 0.15) is 6.61 Å². The highest BCUT2D eigenvalue weighted by molar-refractivity contribution is 5.62. The average Bonchev–Trinajstić information content (AvgIpc) is 2.61. The molecule has 0 aliphatic rings. The van der Waals surface area contributed by atoms with Gasteiger partial charge in [0.05, 0.1) is 6.54 Å². The number of para-hydroxylation sites is 2. The number of pyridine rings is 1. The molecule has 0 aliphatic heterocycles. The average molecular weight is 290 g/mol. The van der Waals surface area contributed by atoms with Crippen molar-refractivity contribution in [2.24, 2.45) is 0 Å². The summed E-state index contributed by atoms with van der Waals surface area (Å²) in [5.41, 5.74) is 2.30. The summed E-state index contributed by atoms with van der Waals surface area (Å²) in [5.74, 6) is 0.656. The Hall–Kier alpha value is -2.81. The summed E-state index contributed by atoms with van der Waals surface area (Å²) in [4.78, 5) is 6.42. The van der Waals surface area contributed by atoms with Crippen LogP contribution in [0.1, 0.15) is 0 Å². The van der Waals surface area contributed by atoms with Gasteiger partial charge in [0.15, 0.2) is 0 Å². The van der Waals surface area contributed by atoms with Gasteiger partial charge in [0.25, 0.3) is 0 Å². The topological polar surface area (TPSA) is 25.4 Å². The van der Waals surface area contributed by atoms with Crippen molar-refractivity contribution in [3.05, 3.63) is 85.1 Å². The van der Waals surface area contributed by atoms with Crippen molar-refractivity contribution in [3.63, 3.8) is 0 Å². The van der Waals surface area contributed by atoms with E-state index in [-0.39, 0.29) is 0 Å². The van der Waals surface area contributed by atoms with E-state index >= 15 is 0 Å². The molecular weight excluding hydrogens is 272 g/mol. The van der Waals surface area contributed by atoms with Crippen LogP contribution in [-0.4, -0.2) is 18.1 Å². The molecule has 110 valence electrons. The fourth-order valence-electron chi connectivity index (χ4n) is 2.30. The van der Waals surface area contributed by atoms with Crippen molar-refractivity contribution in [2.75, 3.05) is 18.1 Å². The molecule has 0 saturated heterocycles. The zero-order chi connectivity index (χ0) is 15.0. The van der Waals surface area contributed by atoms with Gasteiger partial charge in [-0.25, -0.2) is 4.98 Å². The van der Waals surface area contributed by atoms with Gasteiger partial charge in [-0.1, -0.05) is 42.5 Å². The van der Waals surface area contributed by atoms with E-state index in [0.717, 1.165) is 17.9 Å². The maximum atomic E-state index is 5.73. The van der Waals surface area contributed by atoms with Crippen LogP contribution in [0.2, 0.25) is 0 Å². The third-order valence-corrected chi connectivity index (χ3v) is 3.34. The lowest BCUT2D eigenvalue weighted by molar-refractivity contribution is 0.315. The minimum Gasteiger partial charge on any atom is -0.476 e. The Labute approximate surface area is 130 Å². The molecule has 0 N–H and O–H groups in total. The molecule has 1 heterocycles. The maximum Gasteiger partial charge on any atom is 0.213 e. The van der Waals surface area contributed by atoms with E-state index in [4.69, 9.17) is 4.74 Å². The predicted molar refractivity (Wildman–Crippen MR) is 89.6 cm³/mol. The van der Waals surface area contributed by atoms with Crippen LogP contribution < -0.4 is 9.64 Å². The quantitative estimate of drug-likeness (QED) is 0.677. The number of nitrogens with zero attached hydrogens (tertiary/aromatic N) is 2. The number of rotatable bonds is 6. The SMILES string of the molecule is c1ccc(N(CCOc2ccccn2)c2ccccc2)cc1. The van der Waals surface area contributed by atoms with Gasteiger partial charge in [-0.05, 0) is 30.3 Å². The zero-order valence-corrected chi connectivity index (χ0v) is 12.3. The van der Waals surface area contributed by atoms with Crippen molar-refractivity contribution >= 4 is 11.4 Å². The second-order valence-electron chi connectivity index (χ2n) is 4.84. The first-order valence-electron chi connectivity index (χ1n) is 7.35. The molecule has 1 aromatic heterocycles. The summed E-state index contributed by atoms with van der Waals surface area (Å²) in [6, 6.07) is 26.3. The van der Waals surface area contributed by atoms with Gasteiger partial charge in [-0.3, -0.25) is 0 Å². The summed E-state index contributed by atoms with van der Waals surface area (Å²) in [5, 5.41) is 0. The second-order valence-corrected chi connectivity index (χ2v) is 4.84. The molecule has 0 amide bonds. The number of aromatic nitrogens is 1. The third-order valence-electron chi connectivity index (χ3n) is 3.34. The fourth-order valence-corrected chi connectivity index (χ4v) is 2.30. The molecule has 22 heavy (non-hydrogen) atoms. The maximum absolute atomic E-state index is 5.73. The van der Waals surface area contributed by atoms with Crippen LogP contribution in [0.25, 0.3) is 0 Å². The molecule has 0 atom stereocenters. The Morgan fingerprint density at radius 2 is 1.32 bits per heavy atom. The number of hydrogen-bond donors (Lipinski definition) is 0. The molecule has 0 fully saturated rings. The summed E-state index contributed by atoms with van der Waals surface area (Å²) in [6.07, 6.45) is 1.74. The second kappa shape index (κ2) is 7.27. The number of anilines is 2. The van der Waals surface area contributed by atoms with Gasteiger partial charge in [0.2, 0.25) is 5.88 Å². The largest absolute Gasteiger partial charge is 0.476 e. The molecule has 3 rings (SSSR count). The summed E-state index contributed by atoms with van der Waals surface area (Å²) in [6.45, 7) is 1.32. The van der Waals surface area contributed by atoms with Crippen LogP contribution in [-0.2, 0) is 0 Å². The molecule has 0 unspecified atom stereocenters. The molecule has 3 nitrogen and oxygen atoms in total. The van der Waals surface area contributed by atoms with E-state index in [2.05, 4.69) is 34.1 Å². The minimum absolute atomic E-state index is 0.570. The van der Waals surface area contributed by atoms with Gasteiger partial charge in [-0.2, -0.15) is 0 Å². The van der Waals surface area contributed by atoms with E-state index < -0.39 is 0 Å². The highest BCUT2D eigenvalue weighted by Crippen LogP contribution is 2.24. The van der Waals surface area contributed by atoms with E-state index in [9.17, 15) is 0 Å². The van der Waals surface area contributed by atoms with E-state index in [1.165, 1.54) is 0 Å². The smallest absolute Gasteiger partial charge is 0.213 e. The number of ether oxygens (including phenoxy) is 1. The molecule has 3 aromatic rings. The van der Waals surface area contributed by atoms with Crippen molar-refractivity contribution in [1.29, 1.82) is 0 Å². The van der Waals surface area contributed by atoms with Crippen LogP contribution >= 0.6 is 0 Å². The standard InChI is InChI=1S/C19H18N2O/c1-3-9-17(10-4-1)21(18-11-5-2-6-12-18)15-16-22-19-13-7-8-14-20-19/h1-14H,15-16H2. The van der Waals surface area contributed by atoms with Crippen molar-refractivity contribution in [1.82, 2.24) is 4.98 Å². The Bertz CT molecular complexity index is 632. The van der Waals surface area contributed by atoms with Gasteiger partial charge in [0, 0.05) is 23.6 Å². The van der Waals surface area contributed by atoms with Crippen molar-refractivity contribution in [2.45, 2.75) is 0 Å². The number of hydrogen-bond acceptors (Lipinski definition) is 3. The lowest BCUT2D eigenvalue weighted by atomic mass is 10.2. The summed E-state index contributed by atoms with van der Waals surface area (Å²) < 4.78 is 5.73. The normalized spacial score (nSPS) is 10.2. The van der Waals surface area contributed by atoms with Crippen LogP contribution in [0.5, 0.6) is 5.88 Å². The summed E-state index contributed by atoms with van der Waals surface area (Å²) in [7, 11) is 0. The monoisotopic (exact) mass is 290 g/mol. The highest BCUT2D eigenvalue weighted by Gasteiger charge is 2.08. The molecule has 0 aliphatic carbocycles. The number of benzene rings is 2. The predicted octanol–water partition coefficient (Wildman–Crippen LogP) is 4.30. The Morgan fingerprint density at radius 3 is 1.86 bits per heavy atom. The van der Waals surface area contributed by atoms with Crippen molar-refractivity contribution in [3.8, 4) is 5.88 Å². The molecule has 0 saturated carbocycles. The zero-order valence-electron chi connectivity index (χ0n) is 12.3. The lowest BCUT2D eigenvalue weighted by Gasteiger charge is -2.25. The Kier molecular flexibility index (Phi) is 4.67. The van der Waals surface area contributed by atoms with Crippen LogP contribution in [0.3, 0.4) is 0 Å². The first-order chi connectivity index (χ1) is 10.9. The van der Waals surface area contributed by atoms with E-state index in [0.29, 0.717) is 12.5 Å². The molecule has 0 spiro atoms. The summed E-state index contributed by atoms with van der Waals surface area (Å²) >= 11 is 0. The van der Waals surface area contributed by atoms with E-state index in [1.807, 2.05) is 54.6 Å². The fraction of sp³-hybridized carbons (Fsp3) is 0.105. The molecule has 0 radical (unpaired) electrons. The Balaban J connectivity index is 1.72. The lowest BCUT2D eigenvalue weighted by Crippen LogP contribution is -2.23. The van der Waals surface area contributed by atoms with Crippen LogP contribution in [0.15, 0.2) is 85.1 Å². The van der Waals surface area contributed by atoms with Gasteiger partial charge >= 0.3 is 0 Å². The van der Waals surface area contributed by atoms with Crippen LogP contribution in [0, 0.1) is 0 Å².